The van der Waals surface area contributed by atoms with Crippen LogP contribution in [0.4, 0.5) is 0 Å². The molecule has 1 atom stereocenters. The summed E-state index contributed by atoms with van der Waals surface area (Å²) in [6, 6.07) is 20.7. The van der Waals surface area contributed by atoms with Crippen LogP contribution < -0.4 is 0 Å². The molecule has 2 aromatic rings. The van der Waals surface area contributed by atoms with E-state index in [2.05, 4.69) is 24.3 Å². The average molecular weight is 230 g/mol. The molecule has 0 spiro atoms. The van der Waals surface area contributed by atoms with Crippen molar-refractivity contribution in [1.82, 2.24) is 0 Å². The third kappa shape index (κ3) is 2.69. The Bertz CT molecular complexity index is 374. The van der Waals surface area contributed by atoms with Gasteiger partial charge >= 0.3 is 0 Å². The summed E-state index contributed by atoms with van der Waals surface area (Å²) in [7, 11) is -0.0108. The second kappa shape index (κ2) is 5.79. The van der Waals surface area contributed by atoms with Crippen molar-refractivity contribution in [2.24, 2.45) is 0 Å². The predicted molar refractivity (Wildman–Crippen MR) is 70.1 cm³/mol. The fourth-order valence-corrected chi connectivity index (χ4v) is 2.54. The molecule has 82 valence electrons. The third-order valence-corrected chi connectivity index (χ3v) is 3.29. The van der Waals surface area contributed by atoms with Crippen molar-refractivity contribution in [2.45, 2.75) is 5.92 Å². The van der Waals surface area contributed by atoms with Gasteiger partial charge in [0.15, 0.2) is 0 Å². The predicted octanol–water partition coefficient (Wildman–Crippen LogP) is 3.40. The molecule has 1 N–H and O–H groups in total. The lowest BCUT2D eigenvalue weighted by atomic mass is 9.93. The lowest BCUT2D eigenvalue weighted by Crippen LogP contribution is -2.02. The monoisotopic (exact) mass is 230 g/mol. The van der Waals surface area contributed by atoms with Gasteiger partial charge < -0.3 is 4.89 Å². The molecule has 0 aliphatic heterocycles. The Hall–Kier alpha value is -1.17. The second-order valence-corrected chi connectivity index (χ2v) is 4.46. The SMILES string of the molecule is OPCC(c1ccccc1)c1ccccc1. The molecule has 0 fully saturated rings. The van der Waals surface area contributed by atoms with E-state index in [0.717, 1.165) is 6.16 Å². The van der Waals surface area contributed by atoms with Gasteiger partial charge in [-0.15, -0.1) is 0 Å². The summed E-state index contributed by atoms with van der Waals surface area (Å²) >= 11 is 0. The zero-order valence-electron chi connectivity index (χ0n) is 9.01. The quantitative estimate of drug-likeness (QED) is 0.798. The molecule has 16 heavy (non-hydrogen) atoms. The first-order valence-electron chi connectivity index (χ1n) is 5.38. The van der Waals surface area contributed by atoms with E-state index in [4.69, 9.17) is 0 Å². The Morgan fingerprint density at radius 2 is 1.25 bits per heavy atom. The Balaban J connectivity index is 2.31. The summed E-state index contributed by atoms with van der Waals surface area (Å²) in [4.78, 5) is 9.19. The molecule has 0 heterocycles. The fourth-order valence-electron chi connectivity index (χ4n) is 1.89. The van der Waals surface area contributed by atoms with Crippen molar-refractivity contribution in [3.8, 4) is 0 Å². The molecular formula is C14H15OP. The molecule has 2 heteroatoms. The number of hydrogen-bond acceptors (Lipinski definition) is 1. The largest absolute Gasteiger partial charge is 0.377 e. The molecular weight excluding hydrogens is 215 g/mol. The van der Waals surface area contributed by atoms with E-state index in [0.29, 0.717) is 5.92 Å². The van der Waals surface area contributed by atoms with Gasteiger partial charge in [0.1, 0.15) is 0 Å². The first-order valence-corrected chi connectivity index (χ1v) is 6.54. The van der Waals surface area contributed by atoms with E-state index in [1.165, 1.54) is 11.1 Å². The van der Waals surface area contributed by atoms with Gasteiger partial charge in [0.2, 0.25) is 0 Å². The van der Waals surface area contributed by atoms with Gasteiger partial charge in [-0.1, -0.05) is 60.7 Å². The van der Waals surface area contributed by atoms with Crippen LogP contribution in [-0.4, -0.2) is 11.1 Å². The van der Waals surface area contributed by atoms with E-state index in [1.807, 2.05) is 36.4 Å². The normalized spacial score (nSPS) is 11.4. The molecule has 2 rings (SSSR count). The Morgan fingerprint density at radius 3 is 1.62 bits per heavy atom. The summed E-state index contributed by atoms with van der Waals surface area (Å²) < 4.78 is 0. The lowest BCUT2D eigenvalue weighted by molar-refractivity contribution is 0.640. The van der Waals surface area contributed by atoms with Crippen molar-refractivity contribution in [2.75, 3.05) is 6.16 Å². The smallest absolute Gasteiger partial charge is 0.0147 e. The summed E-state index contributed by atoms with van der Waals surface area (Å²) in [5, 5.41) is 0. The first kappa shape index (κ1) is 11.3. The van der Waals surface area contributed by atoms with Crippen molar-refractivity contribution in [1.29, 1.82) is 0 Å². The highest BCUT2D eigenvalue weighted by atomic mass is 31.1. The Morgan fingerprint density at radius 1 is 0.812 bits per heavy atom. The van der Waals surface area contributed by atoms with Gasteiger partial charge in [0, 0.05) is 14.7 Å². The maximum atomic E-state index is 9.19. The molecule has 0 aliphatic carbocycles. The minimum absolute atomic E-state index is 0.0108. The van der Waals surface area contributed by atoms with Gasteiger partial charge in [-0.25, -0.2) is 0 Å². The highest BCUT2D eigenvalue weighted by Gasteiger charge is 2.12. The molecule has 0 aromatic heterocycles. The number of benzene rings is 2. The van der Waals surface area contributed by atoms with Crippen LogP contribution in [0.2, 0.25) is 0 Å². The second-order valence-electron chi connectivity index (χ2n) is 3.74. The van der Waals surface area contributed by atoms with E-state index in [9.17, 15) is 4.89 Å². The van der Waals surface area contributed by atoms with Crippen LogP contribution >= 0.6 is 8.81 Å². The zero-order chi connectivity index (χ0) is 11.2. The van der Waals surface area contributed by atoms with Gasteiger partial charge in [0.05, 0.1) is 0 Å². The zero-order valence-corrected chi connectivity index (χ0v) is 10.0. The highest BCUT2D eigenvalue weighted by Crippen LogP contribution is 2.28. The molecule has 0 saturated heterocycles. The van der Waals surface area contributed by atoms with E-state index < -0.39 is 0 Å². The van der Waals surface area contributed by atoms with Crippen LogP contribution in [0.3, 0.4) is 0 Å². The fraction of sp³-hybridized carbons (Fsp3) is 0.143. The highest BCUT2D eigenvalue weighted by molar-refractivity contribution is 7.31. The topological polar surface area (TPSA) is 20.2 Å². The first-order chi connectivity index (χ1) is 7.92. The molecule has 1 unspecified atom stereocenters. The minimum Gasteiger partial charge on any atom is -0.377 e. The Kier molecular flexibility index (Phi) is 4.10. The van der Waals surface area contributed by atoms with E-state index >= 15 is 0 Å². The summed E-state index contributed by atoms with van der Waals surface area (Å²) in [6.07, 6.45) is 0.800. The van der Waals surface area contributed by atoms with Crippen molar-refractivity contribution in [3.05, 3.63) is 71.8 Å². The van der Waals surface area contributed by atoms with E-state index in [1.54, 1.807) is 0 Å². The van der Waals surface area contributed by atoms with Crippen LogP contribution in [-0.2, 0) is 0 Å². The van der Waals surface area contributed by atoms with E-state index in [-0.39, 0.29) is 8.81 Å². The molecule has 0 amide bonds. The van der Waals surface area contributed by atoms with Gasteiger partial charge in [-0.05, 0) is 17.3 Å². The Labute approximate surface area is 98.0 Å². The standard InChI is InChI=1S/C14H15OP/c15-16-11-14(12-7-3-1-4-8-12)13-9-5-2-6-10-13/h1-10,14-16H,11H2. The summed E-state index contributed by atoms with van der Waals surface area (Å²) in [5.41, 5.74) is 2.55. The molecule has 0 bridgehead atoms. The maximum Gasteiger partial charge on any atom is 0.0147 e. The van der Waals surface area contributed by atoms with Crippen molar-refractivity contribution >= 4 is 8.81 Å². The third-order valence-electron chi connectivity index (χ3n) is 2.70. The minimum atomic E-state index is -0.0108. The average Bonchev–Trinajstić information content (AvgIpc) is 2.38. The summed E-state index contributed by atoms with van der Waals surface area (Å²) in [5.74, 6) is 0.311. The van der Waals surface area contributed by atoms with Gasteiger partial charge in [-0.2, -0.15) is 0 Å². The lowest BCUT2D eigenvalue weighted by Gasteiger charge is -2.16. The number of rotatable bonds is 4. The van der Waals surface area contributed by atoms with Gasteiger partial charge in [-0.3, -0.25) is 0 Å². The molecule has 2 aromatic carbocycles. The van der Waals surface area contributed by atoms with Crippen LogP contribution in [0.15, 0.2) is 60.7 Å². The number of hydrogen-bond donors (Lipinski definition) is 1. The van der Waals surface area contributed by atoms with Crippen LogP contribution in [0, 0.1) is 0 Å². The molecule has 0 aliphatic rings. The van der Waals surface area contributed by atoms with Crippen LogP contribution in [0.5, 0.6) is 0 Å². The van der Waals surface area contributed by atoms with Gasteiger partial charge in [0.25, 0.3) is 0 Å². The molecule has 0 radical (unpaired) electrons. The van der Waals surface area contributed by atoms with Crippen molar-refractivity contribution in [3.63, 3.8) is 0 Å². The van der Waals surface area contributed by atoms with Crippen LogP contribution in [0.1, 0.15) is 17.0 Å². The molecule has 1 nitrogen and oxygen atoms in total. The maximum absolute atomic E-state index is 9.19. The molecule has 0 saturated carbocycles. The summed E-state index contributed by atoms with van der Waals surface area (Å²) in [6.45, 7) is 0. The van der Waals surface area contributed by atoms with Crippen LogP contribution in [0.25, 0.3) is 0 Å². The van der Waals surface area contributed by atoms with Crippen molar-refractivity contribution < 1.29 is 4.89 Å².